The van der Waals surface area contributed by atoms with Gasteiger partial charge in [-0.1, -0.05) is 24.8 Å². The standard InChI is InChI=1S/C9H8ClFO/c1-2-9(10,11)12-8-6-4-3-5-7-8/h2-7H,1H2. The summed E-state index contributed by atoms with van der Waals surface area (Å²) >= 11 is 5.25. The van der Waals surface area contributed by atoms with Crippen molar-refractivity contribution in [3.05, 3.63) is 43.0 Å². The molecule has 0 saturated carbocycles. The molecule has 0 fully saturated rings. The summed E-state index contributed by atoms with van der Waals surface area (Å²) in [6.45, 7) is 3.20. The van der Waals surface area contributed by atoms with E-state index in [0.717, 1.165) is 6.08 Å². The zero-order valence-electron chi connectivity index (χ0n) is 6.34. The maximum Gasteiger partial charge on any atom is 0.347 e. The summed E-state index contributed by atoms with van der Waals surface area (Å²) in [5.74, 6) is 0.370. The summed E-state index contributed by atoms with van der Waals surface area (Å²) in [7, 11) is 0. The first-order valence-electron chi connectivity index (χ1n) is 3.39. The molecular weight excluding hydrogens is 179 g/mol. The molecule has 0 bridgehead atoms. The van der Waals surface area contributed by atoms with Crippen LogP contribution in [0.1, 0.15) is 0 Å². The first kappa shape index (κ1) is 9.07. The van der Waals surface area contributed by atoms with Crippen LogP contribution < -0.4 is 4.74 Å². The molecule has 12 heavy (non-hydrogen) atoms. The van der Waals surface area contributed by atoms with Crippen molar-refractivity contribution in [2.24, 2.45) is 0 Å². The number of alkyl halides is 2. The number of ether oxygens (including phenoxy) is 1. The minimum absolute atomic E-state index is 0.370. The van der Waals surface area contributed by atoms with E-state index in [1.807, 2.05) is 0 Å². The number of halogens is 2. The van der Waals surface area contributed by atoms with Crippen LogP contribution in [0.15, 0.2) is 43.0 Å². The highest BCUT2D eigenvalue weighted by molar-refractivity contribution is 6.23. The average Bonchev–Trinajstić information content (AvgIpc) is 2.06. The van der Waals surface area contributed by atoms with Gasteiger partial charge in [0.1, 0.15) is 5.75 Å². The van der Waals surface area contributed by atoms with Crippen molar-refractivity contribution in [1.82, 2.24) is 0 Å². The molecule has 64 valence electrons. The molecule has 0 heterocycles. The first-order valence-corrected chi connectivity index (χ1v) is 3.77. The topological polar surface area (TPSA) is 9.23 Å². The van der Waals surface area contributed by atoms with Crippen LogP contribution in [0.3, 0.4) is 0 Å². The molecule has 1 aromatic rings. The fourth-order valence-corrected chi connectivity index (χ4v) is 0.776. The lowest BCUT2D eigenvalue weighted by Gasteiger charge is -2.14. The summed E-state index contributed by atoms with van der Waals surface area (Å²) < 4.78 is 17.7. The predicted octanol–water partition coefficient (Wildman–Crippen LogP) is 3.11. The Morgan fingerprint density at radius 2 is 2.00 bits per heavy atom. The van der Waals surface area contributed by atoms with Crippen molar-refractivity contribution >= 4 is 11.6 Å². The van der Waals surface area contributed by atoms with Crippen LogP contribution in [-0.4, -0.2) is 5.31 Å². The van der Waals surface area contributed by atoms with Gasteiger partial charge in [-0.05, 0) is 23.7 Å². The second-order valence-corrected chi connectivity index (χ2v) is 2.70. The van der Waals surface area contributed by atoms with Crippen LogP contribution in [0.5, 0.6) is 5.75 Å². The van der Waals surface area contributed by atoms with Gasteiger partial charge in [0.05, 0.1) is 0 Å². The van der Waals surface area contributed by atoms with E-state index in [1.54, 1.807) is 30.3 Å². The quantitative estimate of drug-likeness (QED) is 0.521. The summed E-state index contributed by atoms with van der Waals surface area (Å²) in [4.78, 5) is 0. The molecule has 1 unspecified atom stereocenters. The second-order valence-electron chi connectivity index (χ2n) is 2.18. The van der Waals surface area contributed by atoms with E-state index < -0.39 is 5.31 Å². The van der Waals surface area contributed by atoms with Crippen LogP contribution in [0.25, 0.3) is 0 Å². The molecule has 0 aliphatic heterocycles. The molecular formula is C9H8ClFO. The molecule has 0 aliphatic carbocycles. The van der Waals surface area contributed by atoms with E-state index in [4.69, 9.17) is 16.3 Å². The Bertz CT molecular complexity index is 258. The van der Waals surface area contributed by atoms with Gasteiger partial charge < -0.3 is 4.74 Å². The van der Waals surface area contributed by atoms with E-state index in [-0.39, 0.29) is 0 Å². The summed E-state index contributed by atoms with van der Waals surface area (Å²) in [5, 5.41) is -2.32. The minimum Gasteiger partial charge on any atom is -0.442 e. The van der Waals surface area contributed by atoms with Crippen molar-refractivity contribution in [2.75, 3.05) is 0 Å². The van der Waals surface area contributed by atoms with Crippen LogP contribution in [0.4, 0.5) is 4.39 Å². The Morgan fingerprint density at radius 1 is 1.42 bits per heavy atom. The fourth-order valence-electron chi connectivity index (χ4n) is 0.687. The SMILES string of the molecule is C=CC(F)(Cl)Oc1ccccc1. The van der Waals surface area contributed by atoms with Crippen LogP contribution in [0.2, 0.25) is 0 Å². The lowest BCUT2D eigenvalue weighted by molar-refractivity contribution is 0.0690. The van der Waals surface area contributed by atoms with Crippen LogP contribution >= 0.6 is 11.6 Å². The molecule has 0 saturated heterocycles. The molecule has 0 radical (unpaired) electrons. The van der Waals surface area contributed by atoms with Gasteiger partial charge in [0.15, 0.2) is 0 Å². The third-order valence-corrected chi connectivity index (χ3v) is 1.47. The Balaban J connectivity index is 2.70. The monoisotopic (exact) mass is 186 g/mol. The van der Waals surface area contributed by atoms with Gasteiger partial charge in [-0.3, -0.25) is 0 Å². The Kier molecular flexibility index (Phi) is 2.71. The van der Waals surface area contributed by atoms with Gasteiger partial charge in [-0.25, -0.2) is 0 Å². The summed E-state index contributed by atoms with van der Waals surface area (Å²) in [6.07, 6.45) is 0.890. The highest BCUT2D eigenvalue weighted by Gasteiger charge is 2.23. The van der Waals surface area contributed by atoms with Crippen molar-refractivity contribution in [1.29, 1.82) is 0 Å². The fraction of sp³-hybridized carbons (Fsp3) is 0.111. The average molecular weight is 187 g/mol. The third-order valence-electron chi connectivity index (χ3n) is 1.23. The smallest absolute Gasteiger partial charge is 0.347 e. The van der Waals surface area contributed by atoms with Crippen LogP contribution in [-0.2, 0) is 0 Å². The molecule has 0 N–H and O–H groups in total. The van der Waals surface area contributed by atoms with Crippen molar-refractivity contribution in [3.8, 4) is 5.75 Å². The number of para-hydroxylation sites is 1. The highest BCUT2D eigenvalue weighted by Crippen LogP contribution is 2.23. The zero-order valence-corrected chi connectivity index (χ0v) is 7.09. The lowest BCUT2D eigenvalue weighted by atomic mass is 10.3. The second kappa shape index (κ2) is 3.59. The van der Waals surface area contributed by atoms with E-state index in [2.05, 4.69) is 6.58 Å². The largest absolute Gasteiger partial charge is 0.442 e. The Labute approximate surface area is 75.4 Å². The molecule has 1 atom stereocenters. The number of hydrogen-bond acceptors (Lipinski definition) is 1. The maximum atomic E-state index is 12.9. The maximum absolute atomic E-state index is 12.9. The van der Waals surface area contributed by atoms with Gasteiger partial charge in [0, 0.05) is 6.08 Å². The number of hydrogen-bond donors (Lipinski definition) is 0. The zero-order chi connectivity index (χ0) is 9.03. The first-order chi connectivity index (χ1) is 5.64. The van der Waals surface area contributed by atoms with E-state index in [0.29, 0.717) is 5.75 Å². The third kappa shape index (κ3) is 2.55. The van der Waals surface area contributed by atoms with Crippen LogP contribution in [0, 0.1) is 0 Å². The molecule has 0 amide bonds. The lowest BCUT2D eigenvalue weighted by Crippen LogP contribution is -2.19. The van der Waals surface area contributed by atoms with E-state index in [1.165, 1.54) is 0 Å². The summed E-state index contributed by atoms with van der Waals surface area (Å²) in [6, 6.07) is 8.48. The van der Waals surface area contributed by atoms with Crippen molar-refractivity contribution in [3.63, 3.8) is 0 Å². The molecule has 0 aliphatic rings. The van der Waals surface area contributed by atoms with Gasteiger partial charge >= 0.3 is 5.31 Å². The van der Waals surface area contributed by atoms with Gasteiger partial charge in [-0.2, -0.15) is 4.39 Å². The molecule has 1 nitrogen and oxygen atoms in total. The molecule has 3 heteroatoms. The molecule has 1 rings (SSSR count). The van der Waals surface area contributed by atoms with Gasteiger partial charge in [-0.15, -0.1) is 0 Å². The Hall–Kier alpha value is -1.02. The summed E-state index contributed by atoms with van der Waals surface area (Å²) in [5.41, 5.74) is 0. The van der Waals surface area contributed by atoms with Gasteiger partial charge in [0.2, 0.25) is 0 Å². The minimum atomic E-state index is -2.32. The number of rotatable bonds is 3. The number of benzene rings is 1. The molecule has 0 aromatic heterocycles. The van der Waals surface area contributed by atoms with E-state index in [9.17, 15) is 4.39 Å². The highest BCUT2D eigenvalue weighted by atomic mass is 35.5. The molecule has 0 spiro atoms. The Morgan fingerprint density at radius 3 is 2.50 bits per heavy atom. The predicted molar refractivity (Wildman–Crippen MR) is 47.0 cm³/mol. The van der Waals surface area contributed by atoms with Crippen molar-refractivity contribution < 1.29 is 9.13 Å². The van der Waals surface area contributed by atoms with Gasteiger partial charge in [0.25, 0.3) is 0 Å². The molecule has 1 aromatic carbocycles. The normalized spacial score (nSPS) is 14.8. The van der Waals surface area contributed by atoms with Crippen molar-refractivity contribution in [2.45, 2.75) is 5.31 Å². The van der Waals surface area contributed by atoms with E-state index >= 15 is 0 Å².